The van der Waals surface area contributed by atoms with E-state index in [1.54, 1.807) is 0 Å². The van der Waals surface area contributed by atoms with E-state index in [0.717, 1.165) is 25.8 Å². The van der Waals surface area contributed by atoms with Crippen LogP contribution < -0.4 is 5.32 Å². The van der Waals surface area contributed by atoms with Crippen LogP contribution in [0, 0.1) is 19.3 Å². The summed E-state index contributed by atoms with van der Waals surface area (Å²) in [6.45, 7) is 5.48. The van der Waals surface area contributed by atoms with Crippen molar-refractivity contribution in [2.24, 2.45) is 0 Å². The van der Waals surface area contributed by atoms with Crippen molar-refractivity contribution in [2.75, 3.05) is 6.54 Å². The molecule has 0 spiro atoms. The Labute approximate surface area is 118 Å². The molecule has 104 valence electrons. The zero-order valence-electron chi connectivity index (χ0n) is 12.4. The van der Waals surface area contributed by atoms with Crippen LogP contribution in [0.3, 0.4) is 0 Å². The third-order valence-electron chi connectivity index (χ3n) is 3.42. The summed E-state index contributed by atoms with van der Waals surface area (Å²) < 4.78 is 0. The standard InChI is InChI=1S/C18H27N/c1-4-6-7-11-18(19-14-5-2)13-12-17-10-8-9-16(3)15-17/h1,8-10,15,18-19H,5-7,11-14H2,2-3H3. The monoisotopic (exact) mass is 257 g/mol. The van der Waals surface area contributed by atoms with Crippen LogP contribution in [0.15, 0.2) is 24.3 Å². The van der Waals surface area contributed by atoms with Gasteiger partial charge in [-0.25, -0.2) is 0 Å². The summed E-state index contributed by atoms with van der Waals surface area (Å²) in [5, 5.41) is 3.64. The van der Waals surface area contributed by atoms with Crippen molar-refractivity contribution in [3.05, 3.63) is 35.4 Å². The zero-order valence-corrected chi connectivity index (χ0v) is 12.4. The van der Waals surface area contributed by atoms with Crippen LogP contribution in [-0.4, -0.2) is 12.6 Å². The number of aryl methyl sites for hydroxylation is 2. The minimum atomic E-state index is 0.605. The molecule has 0 heterocycles. The van der Waals surface area contributed by atoms with Crippen molar-refractivity contribution in [2.45, 2.75) is 58.4 Å². The van der Waals surface area contributed by atoms with Gasteiger partial charge >= 0.3 is 0 Å². The number of terminal acetylenes is 1. The number of hydrogen-bond donors (Lipinski definition) is 1. The minimum absolute atomic E-state index is 0.605. The van der Waals surface area contributed by atoms with Crippen molar-refractivity contribution in [1.82, 2.24) is 5.32 Å². The molecule has 1 N–H and O–H groups in total. The van der Waals surface area contributed by atoms with Crippen LogP contribution in [-0.2, 0) is 6.42 Å². The molecule has 0 radical (unpaired) electrons. The molecule has 1 aromatic rings. The number of benzene rings is 1. The number of rotatable bonds is 9. The first-order valence-electron chi connectivity index (χ1n) is 7.48. The van der Waals surface area contributed by atoms with Crippen LogP contribution in [0.2, 0.25) is 0 Å². The molecule has 0 bridgehead atoms. The lowest BCUT2D eigenvalue weighted by Crippen LogP contribution is -2.30. The lowest BCUT2D eigenvalue weighted by atomic mass is 10.00. The predicted octanol–water partition coefficient (Wildman–Crippen LogP) is 4.10. The van der Waals surface area contributed by atoms with Gasteiger partial charge in [0.2, 0.25) is 0 Å². The first kappa shape index (κ1) is 15.8. The van der Waals surface area contributed by atoms with Crippen molar-refractivity contribution in [3.63, 3.8) is 0 Å². The molecule has 1 nitrogen and oxygen atoms in total. The Bertz CT molecular complexity index is 389. The van der Waals surface area contributed by atoms with Crippen LogP contribution >= 0.6 is 0 Å². The Morgan fingerprint density at radius 3 is 2.84 bits per heavy atom. The molecule has 1 aromatic carbocycles. The van der Waals surface area contributed by atoms with E-state index in [0.29, 0.717) is 6.04 Å². The normalized spacial score (nSPS) is 12.1. The summed E-state index contributed by atoms with van der Waals surface area (Å²) in [6, 6.07) is 9.43. The van der Waals surface area contributed by atoms with Gasteiger partial charge in [0.15, 0.2) is 0 Å². The highest BCUT2D eigenvalue weighted by atomic mass is 14.9. The second kappa shape index (κ2) is 9.64. The van der Waals surface area contributed by atoms with Gasteiger partial charge in [0.25, 0.3) is 0 Å². The second-order valence-electron chi connectivity index (χ2n) is 5.28. The van der Waals surface area contributed by atoms with Gasteiger partial charge in [0.1, 0.15) is 0 Å². The number of hydrogen-bond acceptors (Lipinski definition) is 1. The molecule has 0 aliphatic heterocycles. The van der Waals surface area contributed by atoms with Crippen LogP contribution in [0.5, 0.6) is 0 Å². The molecule has 19 heavy (non-hydrogen) atoms. The SMILES string of the molecule is C#CCCCC(CCc1cccc(C)c1)NCCC. The van der Waals surface area contributed by atoms with Crippen molar-refractivity contribution in [3.8, 4) is 12.3 Å². The van der Waals surface area contributed by atoms with E-state index in [4.69, 9.17) is 6.42 Å². The molecule has 0 saturated carbocycles. The molecule has 1 heteroatoms. The smallest absolute Gasteiger partial charge is 0.00866 e. The predicted molar refractivity (Wildman–Crippen MR) is 84.3 cm³/mol. The summed E-state index contributed by atoms with van der Waals surface area (Å²) in [4.78, 5) is 0. The van der Waals surface area contributed by atoms with Crippen LogP contribution in [0.1, 0.15) is 50.2 Å². The van der Waals surface area contributed by atoms with E-state index >= 15 is 0 Å². The molecular weight excluding hydrogens is 230 g/mol. The first-order valence-corrected chi connectivity index (χ1v) is 7.48. The zero-order chi connectivity index (χ0) is 13.9. The summed E-state index contributed by atoms with van der Waals surface area (Å²) in [6.07, 6.45) is 12.1. The Balaban J connectivity index is 2.40. The highest BCUT2D eigenvalue weighted by Gasteiger charge is 2.07. The van der Waals surface area contributed by atoms with Gasteiger partial charge in [-0.3, -0.25) is 0 Å². The van der Waals surface area contributed by atoms with E-state index in [1.807, 2.05) is 0 Å². The molecule has 0 aromatic heterocycles. The average Bonchev–Trinajstić information content (AvgIpc) is 2.41. The van der Waals surface area contributed by atoms with Gasteiger partial charge in [0, 0.05) is 12.5 Å². The van der Waals surface area contributed by atoms with E-state index < -0.39 is 0 Å². The fourth-order valence-corrected chi connectivity index (χ4v) is 2.36. The van der Waals surface area contributed by atoms with Gasteiger partial charge in [-0.2, -0.15) is 0 Å². The average molecular weight is 257 g/mol. The summed E-state index contributed by atoms with van der Waals surface area (Å²) in [7, 11) is 0. The molecule has 0 saturated heterocycles. The van der Waals surface area contributed by atoms with E-state index in [-0.39, 0.29) is 0 Å². The Morgan fingerprint density at radius 1 is 1.32 bits per heavy atom. The van der Waals surface area contributed by atoms with Crippen molar-refractivity contribution < 1.29 is 0 Å². The maximum absolute atomic E-state index is 5.33. The second-order valence-corrected chi connectivity index (χ2v) is 5.28. The van der Waals surface area contributed by atoms with Gasteiger partial charge in [0.05, 0.1) is 0 Å². The fourth-order valence-electron chi connectivity index (χ4n) is 2.36. The van der Waals surface area contributed by atoms with Gasteiger partial charge in [-0.05, 0) is 51.1 Å². The van der Waals surface area contributed by atoms with Gasteiger partial charge in [-0.15, -0.1) is 12.3 Å². The third kappa shape index (κ3) is 7.03. The lowest BCUT2D eigenvalue weighted by Gasteiger charge is -2.18. The molecular formula is C18H27N. The maximum atomic E-state index is 5.33. The molecule has 1 unspecified atom stereocenters. The fraction of sp³-hybridized carbons (Fsp3) is 0.556. The van der Waals surface area contributed by atoms with Crippen LogP contribution in [0.4, 0.5) is 0 Å². The molecule has 1 rings (SSSR count). The largest absolute Gasteiger partial charge is 0.314 e. The minimum Gasteiger partial charge on any atom is -0.314 e. The molecule has 0 amide bonds. The van der Waals surface area contributed by atoms with E-state index in [2.05, 4.69) is 49.4 Å². The highest BCUT2D eigenvalue weighted by Crippen LogP contribution is 2.11. The highest BCUT2D eigenvalue weighted by molar-refractivity contribution is 5.22. The lowest BCUT2D eigenvalue weighted by molar-refractivity contribution is 0.444. The molecule has 0 aliphatic rings. The summed E-state index contributed by atoms with van der Waals surface area (Å²) in [5.74, 6) is 2.73. The van der Waals surface area contributed by atoms with Crippen molar-refractivity contribution >= 4 is 0 Å². The van der Waals surface area contributed by atoms with E-state index in [9.17, 15) is 0 Å². The Kier molecular flexibility index (Phi) is 8.02. The number of nitrogens with one attached hydrogen (secondary N) is 1. The topological polar surface area (TPSA) is 12.0 Å². The Morgan fingerprint density at radius 2 is 2.16 bits per heavy atom. The molecule has 0 fully saturated rings. The van der Waals surface area contributed by atoms with Gasteiger partial charge < -0.3 is 5.32 Å². The third-order valence-corrected chi connectivity index (χ3v) is 3.42. The van der Waals surface area contributed by atoms with Crippen molar-refractivity contribution in [1.29, 1.82) is 0 Å². The van der Waals surface area contributed by atoms with Gasteiger partial charge in [-0.1, -0.05) is 36.8 Å². The molecule has 0 aliphatic carbocycles. The Hall–Kier alpha value is -1.26. The first-order chi connectivity index (χ1) is 9.26. The quantitative estimate of drug-likeness (QED) is 0.519. The van der Waals surface area contributed by atoms with E-state index in [1.165, 1.54) is 30.4 Å². The molecule has 1 atom stereocenters. The van der Waals surface area contributed by atoms with Crippen LogP contribution in [0.25, 0.3) is 0 Å². The maximum Gasteiger partial charge on any atom is 0.00866 e. The summed E-state index contributed by atoms with van der Waals surface area (Å²) >= 11 is 0. The summed E-state index contributed by atoms with van der Waals surface area (Å²) in [5.41, 5.74) is 2.79. The number of unbranched alkanes of at least 4 members (excludes halogenated alkanes) is 1.